The van der Waals surface area contributed by atoms with E-state index in [1.807, 2.05) is 0 Å². The largest absolute Gasteiger partial charge is 0.481 e. The first-order chi connectivity index (χ1) is 13.0. The standard InChI is InChI=1S/C6H8O7.C6H12O6.C2H4O2/c7-3(8)1-6(13,5(11)12)2-4(9)10;7-1-3(9)5(11)6(12)4(10)2-8;1-2(3)4/h13H,1-2H2,(H,7,8)(H,9,10)(H,11,12);1,3-6,8-12H,2H2;1H3,(H,3,4)/t;3-,4+,5+,6+;/m.0./s1. The summed E-state index contributed by atoms with van der Waals surface area (Å²) < 4.78 is 0. The number of hydrogen-bond acceptors (Lipinski definition) is 11. The number of carbonyl (C=O) groups excluding carboxylic acids is 1. The summed E-state index contributed by atoms with van der Waals surface area (Å²) in [6.45, 7) is 0.323. The van der Waals surface area contributed by atoms with E-state index in [1.165, 1.54) is 0 Å². The molecule has 15 heteroatoms. The highest BCUT2D eigenvalue weighted by Crippen LogP contribution is 2.15. The van der Waals surface area contributed by atoms with E-state index < -0.39 is 73.3 Å². The van der Waals surface area contributed by atoms with Crippen LogP contribution >= 0.6 is 0 Å². The highest BCUT2D eigenvalue weighted by molar-refractivity contribution is 5.88. The van der Waals surface area contributed by atoms with Gasteiger partial charge in [0.2, 0.25) is 0 Å². The lowest BCUT2D eigenvalue weighted by Gasteiger charge is -2.22. The number of aliphatic hydroxyl groups is 6. The van der Waals surface area contributed by atoms with Gasteiger partial charge in [-0.2, -0.15) is 0 Å². The first-order valence-corrected chi connectivity index (χ1v) is 7.43. The summed E-state index contributed by atoms with van der Waals surface area (Å²) in [5, 5.41) is 84.8. The molecule has 10 N–H and O–H groups in total. The minimum Gasteiger partial charge on any atom is -0.481 e. The van der Waals surface area contributed by atoms with Crippen LogP contribution in [0.15, 0.2) is 0 Å². The Morgan fingerprint density at radius 1 is 0.862 bits per heavy atom. The zero-order valence-corrected chi connectivity index (χ0v) is 15.0. The van der Waals surface area contributed by atoms with Gasteiger partial charge in [0, 0.05) is 6.92 Å². The number of carboxylic acid groups (broad SMARTS) is 4. The maximum atomic E-state index is 10.3. The molecule has 0 radical (unpaired) electrons. The van der Waals surface area contributed by atoms with Crippen LogP contribution in [0.25, 0.3) is 0 Å². The predicted molar refractivity (Wildman–Crippen MR) is 87.6 cm³/mol. The number of rotatable bonds is 10. The molecule has 0 spiro atoms. The van der Waals surface area contributed by atoms with Crippen molar-refractivity contribution < 1.29 is 75.0 Å². The van der Waals surface area contributed by atoms with Gasteiger partial charge in [-0.3, -0.25) is 14.4 Å². The van der Waals surface area contributed by atoms with Crippen LogP contribution in [-0.2, 0) is 24.0 Å². The Kier molecular flexibility index (Phi) is 16.3. The number of aliphatic hydroxyl groups excluding tert-OH is 5. The van der Waals surface area contributed by atoms with Crippen molar-refractivity contribution in [3.8, 4) is 0 Å². The van der Waals surface area contributed by atoms with Gasteiger partial charge in [-0.05, 0) is 0 Å². The monoisotopic (exact) mass is 432 g/mol. The van der Waals surface area contributed by atoms with Crippen molar-refractivity contribution in [2.45, 2.75) is 49.8 Å². The first-order valence-electron chi connectivity index (χ1n) is 7.43. The molecule has 0 aliphatic heterocycles. The van der Waals surface area contributed by atoms with Gasteiger partial charge in [0.15, 0.2) is 11.9 Å². The molecule has 15 nitrogen and oxygen atoms in total. The highest BCUT2D eigenvalue weighted by atomic mass is 16.4. The van der Waals surface area contributed by atoms with E-state index in [1.54, 1.807) is 0 Å². The molecule has 0 saturated heterocycles. The maximum absolute atomic E-state index is 10.3. The Bertz CT molecular complexity index is 525. The molecule has 0 saturated carbocycles. The second kappa shape index (κ2) is 15.3. The Balaban J connectivity index is -0.000000394. The molecule has 0 aliphatic rings. The summed E-state index contributed by atoms with van der Waals surface area (Å²) in [4.78, 5) is 49.4. The lowest BCUT2D eigenvalue weighted by Crippen LogP contribution is -2.46. The van der Waals surface area contributed by atoms with E-state index in [4.69, 9.17) is 55.9 Å². The van der Waals surface area contributed by atoms with Crippen LogP contribution in [0.2, 0.25) is 0 Å². The summed E-state index contributed by atoms with van der Waals surface area (Å²) >= 11 is 0. The smallest absolute Gasteiger partial charge is 0.336 e. The molecule has 0 aromatic heterocycles. The van der Waals surface area contributed by atoms with E-state index >= 15 is 0 Å². The van der Waals surface area contributed by atoms with Crippen molar-refractivity contribution >= 4 is 30.2 Å². The van der Waals surface area contributed by atoms with E-state index in [0.717, 1.165) is 6.92 Å². The molecule has 29 heavy (non-hydrogen) atoms. The van der Waals surface area contributed by atoms with Crippen LogP contribution in [0.4, 0.5) is 0 Å². The van der Waals surface area contributed by atoms with E-state index in [-0.39, 0.29) is 6.29 Å². The van der Waals surface area contributed by atoms with Crippen LogP contribution < -0.4 is 0 Å². The maximum Gasteiger partial charge on any atom is 0.336 e. The first kappa shape index (κ1) is 31.0. The van der Waals surface area contributed by atoms with Gasteiger partial charge < -0.3 is 55.9 Å². The number of aldehydes is 1. The molecule has 0 fully saturated rings. The SMILES string of the molecule is CC(=O)O.O=C(O)CC(O)(CC(=O)O)C(=O)O.O=C[C@H](O)[C@@H](O)[C@H](O)[C@H](O)CO. The Labute approximate surface area is 162 Å². The summed E-state index contributed by atoms with van der Waals surface area (Å²) in [6.07, 6.45) is -9.13. The van der Waals surface area contributed by atoms with Crippen molar-refractivity contribution in [3.05, 3.63) is 0 Å². The zero-order valence-electron chi connectivity index (χ0n) is 15.0. The van der Waals surface area contributed by atoms with E-state index in [2.05, 4.69) is 0 Å². The van der Waals surface area contributed by atoms with Crippen molar-refractivity contribution in [1.82, 2.24) is 0 Å². The number of hydrogen-bond donors (Lipinski definition) is 10. The third-order valence-electron chi connectivity index (χ3n) is 2.71. The van der Waals surface area contributed by atoms with Crippen molar-refractivity contribution in [2.24, 2.45) is 0 Å². The molecule has 0 rings (SSSR count). The summed E-state index contributed by atoms with van der Waals surface area (Å²) in [7, 11) is 0. The average molecular weight is 432 g/mol. The van der Waals surface area contributed by atoms with Crippen LogP contribution in [0, 0.1) is 0 Å². The molecule has 4 atom stereocenters. The second-order valence-corrected chi connectivity index (χ2v) is 5.35. The van der Waals surface area contributed by atoms with Crippen molar-refractivity contribution in [1.29, 1.82) is 0 Å². The van der Waals surface area contributed by atoms with Gasteiger partial charge in [-0.1, -0.05) is 0 Å². The van der Waals surface area contributed by atoms with Crippen LogP contribution in [0.3, 0.4) is 0 Å². The van der Waals surface area contributed by atoms with Crippen LogP contribution in [0.1, 0.15) is 19.8 Å². The molecule has 0 unspecified atom stereocenters. The molecule has 0 aromatic carbocycles. The molecule has 0 heterocycles. The fourth-order valence-corrected chi connectivity index (χ4v) is 1.33. The highest BCUT2D eigenvalue weighted by Gasteiger charge is 2.40. The number of carboxylic acids is 4. The Morgan fingerprint density at radius 2 is 1.21 bits per heavy atom. The Hall–Kier alpha value is -2.69. The summed E-state index contributed by atoms with van der Waals surface area (Å²) in [5.74, 6) is -5.85. The molecular weight excluding hydrogens is 408 g/mol. The third-order valence-corrected chi connectivity index (χ3v) is 2.71. The summed E-state index contributed by atoms with van der Waals surface area (Å²) in [5.41, 5.74) is -2.74. The quantitative estimate of drug-likeness (QED) is 0.145. The van der Waals surface area contributed by atoms with Gasteiger partial charge in [0.25, 0.3) is 5.97 Å². The topological polar surface area (TPSA) is 288 Å². The average Bonchev–Trinajstić information content (AvgIpc) is 2.57. The minimum atomic E-state index is -2.74. The number of carbonyl (C=O) groups is 5. The molecular formula is C14H24O15. The lowest BCUT2D eigenvalue weighted by molar-refractivity contribution is -0.170. The predicted octanol–water partition coefficient (Wildman–Crippen LogP) is -4.54. The van der Waals surface area contributed by atoms with Gasteiger partial charge in [0.05, 0.1) is 19.4 Å². The molecule has 0 aliphatic carbocycles. The van der Waals surface area contributed by atoms with Crippen LogP contribution in [0.5, 0.6) is 0 Å². The summed E-state index contributed by atoms with van der Waals surface area (Å²) in [6, 6.07) is 0. The fraction of sp³-hybridized carbons (Fsp3) is 0.643. The Morgan fingerprint density at radius 3 is 1.41 bits per heavy atom. The minimum absolute atomic E-state index is 0.0258. The van der Waals surface area contributed by atoms with Crippen LogP contribution in [-0.4, -0.2) is 118 Å². The zero-order chi connectivity index (χ0) is 23.9. The normalized spacial score (nSPS) is 14.4. The van der Waals surface area contributed by atoms with Gasteiger partial charge in [0.1, 0.15) is 24.4 Å². The van der Waals surface area contributed by atoms with E-state index in [0.29, 0.717) is 0 Å². The third kappa shape index (κ3) is 16.0. The molecule has 170 valence electrons. The number of aliphatic carboxylic acids is 4. The van der Waals surface area contributed by atoms with Gasteiger partial charge >= 0.3 is 17.9 Å². The van der Waals surface area contributed by atoms with Crippen molar-refractivity contribution in [2.75, 3.05) is 6.61 Å². The van der Waals surface area contributed by atoms with Gasteiger partial charge in [-0.25, -0.2) is 4.79 Å². The fourth-order valence-electron chi connectivity index (χ4n) is 1.33. The van der Waals surface area contributed by atoms with E-state index in [9.17, 15) is 19.2 Å². The van der Waals surface area contributed by atoms with Gasteiger partial charge in [-0.15, -0.1) is 0 Å². The molecule has 0 amide bonds. The lowest BCUT2D eigenvalue weighted by atomic mass is 9.96. The molecule has 0 aromatic rings. The second-order valence-electron chi connectivity index (χ2n) is 5.35. The molecule has 0 bridgehead atoms. The van der Waals surface area contributed by atoms with Crippen molar-refractivity contribution in [3.63, 3.8) is 0 Å².